The molecule has 5 heteroatoms. The molecule has 0 amide bonds. The number of aromatic nitrogens is 2. The minimum absolute atomic E-state index is 0.859. The predicted octanol–water partition coefficient (Wildman–Crippen LogP) is 3.84. The first-order valence-electron chi connectivity index (χ1n) is 6.07. The number of fused-ring (bicyclic) bond motifs is 1. The second-order valence-electron chi connectivity index (χ2n) is 4.15. The van der Waals surface area contributed by atoms with Crippen molar-refractivity contribution in [1.29, 1.82) is 0 Å². The smallest absolute Gasteiger partial charge is 0.0893 e. The van der Waals surface area contributed by atoms with Crippen LogP contribution >= 0.6 is 15.9 Å². The largest absolute Gasteiger partial charge is 0.277 e. The number of hydrogen-bond acceptors (Lipinski definition) is 4. The number of hydrogen-bond donors (Lipinski definition) is 1. The Morgan fingerprint density at radius 1 is 1.00 bits per heavy atom. The molecule has 0 aliphatic rings. The molecule has 0 aliphatic carbocycles. The third-order valence-corrected chi connectivity index (χ3v) is 3.46. The van der Waals surface area contributed by atoms with Crippen LogP contribution in [0.2, 0.25) is 0 Å². The summed E-state index contributed by atoms with van der Waals surface area (Å²) in [6.07, 6.45) is 5.13. The Kier molecular flexibility index (Phi) is 3.69. The number of hydrazone groups is 1. The third-order valence-electron chi connectivity index (χ3n) is 2.77. The van der Waals surface area contributed by atoms with E-state index in [-0.39, 0.29) is 0 Å². The third kappa shape index (κ3) is 2.83. The van der Waals surface area contributed by atoms with Crippen LogP contribution in [-0.4, -0.2) is 16.2 Å². The zero-order chi connectivity index (χ0) is 13.8. The first kappa shape index (κ1) is 12.7. The molecule has 0 bridgehead atoms. The number of anilines is 1. The molecule has 3 aromatic rings. The van der Waals surface area contributed by atoms with E-state index >= 15 is 0 Å². The van der Waals surface area contributed by atoms with Crippen LogP contribution < -0.4 is 5.43 Å². The maximum absolute atomic E-state index is 4.27. The molecule has 0 saturated heterocycles. The normalized spacial score (nSPS) is 11.1. The number of nitrogens with one attached hydrogen (secondary N) is 1. The summed E-state index contributed by atoms with van der Waals surface area (Å²) in [4.78, 5) is 8.50. The molecule has 1 N–H and O–H groups in total. The van der Waals surface area contributed by atoms with Gasteiger partial charge < -0.3 is 0 Å². The second kappa shape index (κ2) is 5.79. The molecule has 0 fully saturated rings. The lowest BCUT2D eigenvalue weighted by Crippen LogP contribution is -1.92. The number of nitrogens with zero attached hydrogens (tertiary/aromatic N) is 3. The number of para-hydroxylation sites is 1. The fourth-order valence-electron chi connectivity index (χ4n) is 1.79. The highest BCUT2D eigenvalue weighted by atomic mass is 79.9. The quantitative estimate of drug-likeness (QED) is 0.587. The van der Waals surface area contributed by atoms with Crippen LogP contribution in [0, 0.1) is 0 Å². The van der Waals surface area contributed by atoms with E-state index in [1.165, 1.54) is 0 Å². The van der Waals surface area contributed by atoms with Gasteiger partial charge in [0.2, 0.25) is 0 Å². The fraction of sp³-hybridized carbons (Fsp3) is 0. The van der Waals surface area contributed by atoms with E-state index in [1.54, 1.807) is 18.6 Å². The molecule has 20 heavy (non-hydrogen) atoms. The van der Waals surface area contributed by atoms with Crippen molar-refractivity contribution >= 4 is 38.9 Å². The maximum atomic E-state index is 4.27. The van der Waals surface area contributed by atoms with Crippen LogP contribution in [0.3, 0.4) is 0 Å². The standard InChI is InChI=1S/C15H11BrN4/c16-12-3-1-2-4-13(12)20-19-10-11-5-6-14-15(9-11)18-8-7-17-14/h1-10,20H/b19-10+. The van der Waals surface area contributed by atoms with Gasteiger partial charge in [-0.25, -0.2) is 0 Å². The van der Waals surface area contributed by atoms with Crippen LogP contribution in [0.5, 0.6) is 0 Å². The van der Waals surface area contributed by atoms with E-state index < -0.39 is 0 Å². The Labute approximate surface area is 124 Å². The second-order valence-corrected chi connectivity index (χ2v) is 5.01. The molecule has 1 aromatic heterocycles. The summed E-state index contributed by atoms with van der Waals surface area (Å²) in [5.41, 5.74) is 6.62. The van der Waals surface area contributed by atoms with Crippen molar-refractivity contribution in [2.24, 2.45) is 5.10 Å². The van der Waals surface area contributed by atoms with Crippen molar-refractivity contribution in [1.82, 2.24) is 9.97 Å². The van der Waals surface area contributed by atoms with Crippen molar-refractivity contribution in [3.05, 3.63) is 64.9 Å². The zero-order valence-electron chi connectivity index (χ0n) is 10.5. The van der Waals surface area contributed by atoms with Crippen molar-refractivity contribution in [3.8, 4) is 0 Å². The van der Waals surface area contributed by atoms with Gasteiger partial charge in [0.15, 0.2) is 0 Å². The minimum atomic E-state index is 0.859. The predicted molar refractivity (Wildman–Crippen MR) is 84.9 cm³/mol. The van der Waals surface area contributed by atoms with E-state index in [4.69, 9.17) is 0 Å². The summed E-state index contributed by atoms with van der Waals surface area (Å²) in [5.74, 6) is 0. The highest BCUT2D eigenvalue weighted by Crippen LogP contribution is 2.20. The molecule has 3 rings (SSSR count). The zero-order valence-corrected chi connectivity index (χ0v) is 12.1. The van der Waals surface area contributed by atoms with Gasteiger partial charge in [-0.3, -0.25) is 15.4 Å². The SMILES string of the molecule is Brc1ccccc1N/N=C/c1ccc2nccnc2c1. The van der Waals surface area contributed by atoms with Crippen LogP contribution in [0.4, 0.5) is 5.69 Å². The Balaban J connectivity index is 1.79. The molecule has 0 saturated carbocycles. The molecule has 4 nitrogen and oxygen atoms in total. The molecule has 0 atom stereocenters. The Bertz CT molecular complexity index is 770. The Morgan fingerprint density at radius 3 is 2.65 bits per heavy atom. The molecule has 0 radical (unpaired) electrons. The van der Waals surface area contributed by atoms with Gasteiger partial charge in [0.1, 0.15) is 0 Å². The lowest BCUT2D eigenvalue weighted by atomic mass is 10.2. The van der Waals surface area contributed by atoms with Gasteiger partial charge in [0.05, 0.1) is 22.9 Å². The van der Waals surface area contributed by atoms with E-state index in [9.17, 15) is 0 Å². The summed E-state index contributed by atoms with van der Waals surface area (Å²) in [5, 5.41) is 4.23. The average Bonchev–Trinajstić information content (AvgIpc) is 2.49. The van der Waals surface area contributed by atoms with E-state index in [0.29, 0.717) is 0 Å². The van der Waals surface area contributed by atoms with Gasteiger partial charge in [-0.2, -0.15) is 5.10 Å². The Morgan fingerprint density at radius 2 is 1.80 bits per heavy atom. The van der Waals surface area contributed by atoms with Crippen molar-refractivity contribution in [2.75, 3.05) is 5.43 Å². The van der Waals surface area contributed by atoms with Gasteiger partial charge in [0.25, 0.3) is 0 Å². The van der Waals surface area contributed by atoms with Gasteiger partial charge >= 0.3 is 0 Å². The topological polar surface area (TPSA) is 50.2 Å². The monoisotopic (exact) mass is 326 g/mol. The first-order valence-corrected chi connectivity index (χ1v) is 6.86. The van der Waals surface area contributed by atoms with Gasteiger partial charge in [0, 0.05) is 16.9 Å². The molecule has 98 valence electrons. The maximum Gasteiger partial charge on any atom is 0.0893 e. The first-order chi connectivity index (χ1) is 9.83. The molecule has 0 unspecified atom stereocenters. The van der Waals surface area contributed by atoms with Crippen molar-refractivity contribution in [3.63, 3.8) is 0 Å². The molecule has 0 spiro atoms. The lowest BCUT2D eigenvalue weighted by molar-refractivity contribution is 1.29. The molecule has 2 aromatic carbocycles. The minimum Gasteiger partial charge on any atom is -0.277 e. The van der Waals surface area contributed by atoms with Gasteiger partial charge in [-0.1, -0.05) is 18.2 Å². The summed E-state index contributed by atoms with van der Waals surface area (Å²) in [6, 6.07) is 13.7. The lowest BCUT2D eigenvalue weighted by Gasteiger charge is -2.02. The average molecular weight is 327 g/mol. The molecule has 0 aliphatic heterocycles. The summed E-state index contributed by atoms with van der Waals surface area (Å²) < 4.78 is 0.974. The van der Waals surface area contributed by atoms with E-state index in [0.717, 1.165) is 26.8 Å². The number of benzene rings is 2. The van der Waals surface area contributed by atoms with Crippen molar-refractivity contribution < 1.29 is 0 Å². The van der Waals surface area contributed by atoms with Gasteiger partial charge in [-0.15, -0.1) is 0 Å². The fourth-order valence-corrected chi connectivity index (χ4v) is 2.16. The van der Waals surface area contributed by atoms with Crippen LogP contribution in [0.25, 0.3) is 11.0 Å². The van der Waals surface area contributed by atoms with Crippen LogP contribution in [-0.2, 0) is 0 Å². The van der Waals surface area contributed by atoms with Crippen molar-refractivity contribution in [2.45, 2.75) is 0 Å². The molecular weight excluding hydrogens is 316 g/mol. The summed E-state index contributed by atoms with van der Waals surface area (Å²) >= 11 is 3.46. The number of rotatable bonds is 3. The highest BCUT2D eigenvalue weighted by molar-refractivity contribution is 9.10. The van der Waals surface area contributed by atoms with Crippen LogP contribution in [0.1, 0.15) is 5.56 Å². The van der Waals surface area contributed by atoms with E-state index in [1.807, 2.05) is 42.5 Å². The van der Waals surface area contributed by atoms with Gasteiger partial charge in [-0.05, 0) is 45.8 Å². The van der Waals surface area contributed by atoms with E-state index in [2.05, 4.69) is 36.4 Å². The Hall–Kier alpha value is -2.27. The summed E-state index contributed by atoms with van der Waals surface area (Å²) in [6.45, 7) is 0. The number of halogens is 1. The molecule has 1 heterocycles. The van der Waals surface area contributed by atoms with Crippen LogP contribution in [0.15, 0.2) is 64.4 Å². The highest BCUT2D eigenvalue weighted by Gasteiger charge is 1.97. The molecular formula is C15H11BrN4. The summed E-state index contributed by atoms with van der Waals surface area (Å²) in [7, 11) is 0.